The van der Waals surface area contributed by atoms with Gasteiger partial charge in [0.25, 0.3) is 0 Å². The number of nitriles is 6. The van der Waals surface area contributed by atoms with Crippen molar-refractivity contribution in [3.63, 3.8) is 0 Å². The van der Waals surface area contributed by atoms with Crippen LogP contribution in [0.15, 0.2) is 0 Å². The quantitative estimate of drug-likeness (QED) is 0.347. The number of hydrogen-bond acceptors (Lipinski definition) is 7. The van der Waals surface area contributed by atoms with Crippen molar-refractivity contribution in [1.29, 1.82) is 31.6 Å². The minimum absolute atomic E-state index is 0.292. The molecule has 0 aromatic carbocycles. The van der Waals surface area contributed by atoms with Gasteiger partial charge in [0.2, 0.25) is 18.6 Å². The van der Waals surface area contributed by atoms with E-state index in [0.29, 0.717) is 4.90 Å². The maximum absolute atomic E-state index is 8.18. The first kappa shape index (κ1) is 15.0. The molecule has 0 spiro atoms. The van der Waals surface area contributed by atoms with Crippen molar-refractivity contribution in [2.45, 2.75) is 4.94 Å². The third kappa shape index (κ3) is 6.68. The fraction of sp³-hybridized carbons (Fsp3) is 0.143. The van der Waals surface area contributed by atoms with Crippen molar-refractivity contribution in [1.82, 2.24) is 4.90 Å². The second kappa shape index (κ2) is 8.15. The minimum atomic E-state index is -3.42. The standard InChI is InChI=1S/C3N4.3CN.CH3.Sn/c4-1-7(2-5)3-6;3*1-2;;/h;;;;1H3;. The predicted molar refractivity (Wildman–Crippen MR) is 47.1 cm³/mol. The molecule has 0 fully saturated rings. The van der Waals surface area contributed by atoms with E-state index in [2.05, 4.69) is 0 Å². The Hall–Kier alpha value is -2.46. The summed E-state index contributed by atoms with van der Waals surface area (Å²) in [6.07, 6.45) is 3.94. The van der Waals surface area contributed by atoms with Crippen molar-refractivity contribution in [3.8, 4) is 30.8 Å². The summed E-state index contributed by atoms with van der Waals surface area (Å²) in [4.78, 5) is 1.77. The fourth-order valence-electron chi connectivity index (χ4n) is 0.142. The van der Waals surface area contributed by atoms with Crippen LogP contribution in [0.3, 0.4) is 0 Å². The number of hydrogen-bond donors (Lipinski definition) is 0. The SMILES string of the molecule is N#CN(C#N)C#N.[CH3][Sn]([C]#N)([C]#N)[C]#N. The monoisotopic (exact) mass is 305 g/mol. The van der Waals surface area contributed by atoms with Crippen molar-refractivity contribution in [2.75, 3.05) is 0 Å². The molecule has 0 saturated heterocycles. The molecule has 0 aromatic rings. The molecule has 0 amide bonds. The molecular formula is C7H3N7Sn. The van der Waals surface area contributed by atoms with Gasteiger partial charge in [-0.05, 0) is 0 Å². The van der Waals surface area contributed by atoms with Crippen LogP contribution in [0.1, 0.15) is 0 Å². The van der Waals surface area contributed by atoms with Crippen LogP contribution in [0.5, 0.6) is 0 Å². The summed E-state index contributed by atoms with van der Waals surface area (Å²) in [6, 6.07) is 0. The summed E-state index contributed by atoms with van der Waals surface area (Å²) in [5.74, 6) is 0. The van der Waals surface area contributed by atoms with Gasteiger partial charge in [-0.2, -0.15) is 15.8 Å². The predicted octanol–water partition coefficient (Wildman–Crippen LogP) is -0.0150. The molecule has 0 bridgehead atoms. The van der Waals surface area contributed by atoms with Gasteiger partial charge in [-0.15, -0.1) is 4.90 Å². The summed E-state index contributed by atoms with van der Waals surface area (Å²) in [5, 5.41) is 47.8. The second-order valence-corrected chi connectivity index (χ2v) is 10.4. The van der Waals surface area contributed by atoms with Gasteiger partial charge in [0.05, 0.1) is 0 Å². The van der Waals surface area contributed by atoms with Crippen molar-refractivity contribution in [2.24, 2.45) is 0 Å². The Labute approximate surface area is 90.7 Å². The molecule has 0 radical (unpaired) electrons. The molecule has 8 heteroatoms. The molecule has 0 unspecified atom stereocenters. The molecule has 0 heterocycles. The summed E-state index contributed by atoms with van der Waals surface area (Å²) in [5.41, 5.74) is 0. The average molecular weight is 304 g/mol. The van der Waals surface area contributed by atoms with Gasteiger partial charge in [-0.1, -0.05) is 0 Å². The number of rotatable bonds is 0. The molecule has 0 aliphatic carbocycles. The molecule has 0 aliphatic rings. The zero-order valence-corrected chi connectivity index (χ0v) is 10.5. The van der Waals surface area contributed by atoms with Gasteiger partial charge in [-0.3, -0.25) is 0 Å². The van der Waals surface area contributed by atoms with Crippen LogP contribution in [0.4, 0.5) is 0 Å². The molecule has 0 aliphatic heterocycles. The van der Waals surface area contributed by atoms with Crippen LogP contribution >= 0.6 is 0 Å². The fourth-order valence-corrected chi connectivity index (χ4v) is 0.570. The Bertz CT molecular complexity index is 385. The Kier molecular flexibility index (Phi) is 8.17. The van der Waals surface area contributed by atoms with Gasteiger partial charge in [-0.25, -0.2) is 0 Å². The van der Waals surface area contributed by atoms with E-state index in [-0.39, 0.29) is 0 Å². The first-order valence-electron chi connectivity index (χ1n) is 3.26. The Morgan fingerprint density at radius 1 is 0.733 bits per heavy atom. The molecule has 70 valence electrons. The average Bonchev–Trinajstić information content (AvgIpc) is 2.31. The molecule has 0 aromatic heterocycles. The molecule has 0 N–H and O–H groups in total. The second-order valence-electron chi connectivity index (χ2n) is 2.10. The van der Waals surface area contributed by atoms with Gasteiger partial charge in [0.15, 0.2) is 0 Å². The van der Waals surface area contributed by atoms with Crippen LogP contribution in [0.2, 0.25) is 4.94 Å². The Balaban J connectivity index is 0. The van der Waals surface area contributed by atoms with Crippen molar-refractivity contribution >= 4 is 18.4 Å². The Morgan fingerprint density at radius 3 is 1.00 bits per heavy atom. The molecule has 7 nitrogen and oxygen atoms in total. The summed E-state index contributed by atoms with van der Waals surface area (Å²) in [6.45, 7) is 0. The van der Waals surface area contributed by atoms with E-state index < -0.39 is 18.4 Å². The molecule has 15 heavy (non-hydrogen) atoms. The Morgan fingerprint density at radius 2 is 1.00 bits per heavy atom. The molecule has 0 saturated carbocycles. The maximum atomic E-state index is 8.18. The van der Waals surface area contributed by atoms with Crippen molar-refractivity contribution in [3.05, 3.63) is 0 Å². The molecular weight excluding hydrogens is 301 g/mol. The van der Waals surface area contributed by atoms with E-state index in [1.165, 1.54) is 23.5 Å². The van der Waals surface area contributed by atoms with Crippen LogP contribution in [-0.4, -0.2) is 23.3 Å². The first-order valence-corrected chi connectivity index (χ1v) is 10.4. The third-order valence-electron chi connectivity index (χ3n) is 0.971. The van der Waals surface area contributed by atoms with Gasteiger partial charge < -0.3 is 0 Å². The summed E-state index contributed by atoms with van der Waals surface area (Å²) < 4.78 is 5.30. The van der Waals surface area contributed by atoms with Crippen LogP contribution in [0.25, 0.3) is 0 Å². The van der Waals surface area contributed by atoms with E-state index in [0.717, 1.165) is 0 Å². The topological polar surface area (TPSA) is 146 Å². The van der Waals surface area contributed by atoms with Crippen LogP contribution in [-0.2, 0) is 0 Å². The van der Waals surface area contributed by atoms with E-state index in [1.807, 2.05) is 0 Å². The van der Waals surface area contributed by atoms with Crippen LogP contribution in [0, 0.1) is 62.4 Å². The normalized spacial score (nSPS) is 6.60. The van der Waals surface area contributed by atoms with Gasteiger partial charge in [0, 0.05) is 0 Å². The first-order chi connectivity index (χ1) is 7.03. The van der Waals surface area contributed by atoms with E-state index in [1.54, 1.807) is 12.3 Å². The zero-order chi connectivity index (χ0) is 12.3. The zero-order valence-electron chi connectivity index (χ0n) is 7.63. The molecule has 0 atom stereocenters. The van der Waals surface area contributed by atoms with Gasteiger partial charge in [0.1, 0.15) is 0 Å². The summed E-state index contributed by atoms with van der Waals surface area (Å²) >= 11 is -3.42. The summed E-state index contributed by atoms with van der Waals surface area (Å²) in [7, 11) is 0. The van der Waals surface area contributed by atoms with Crippen molar-refractivity contribution < 1.29 is 0 Å². The van der Waals surface area contributed by atoms with E-state index in [4.69, 9.17) is 31.6 Å². The molecule has 0 rings (SSSR count). The number of nitrogens with zero attached hydrogens (tertiary/aromatic N) is 7. The van der Waals surface area contributed by atoms with E-state index >= 15 is 0 Å². The van der Waals surface area contributed by atoms with Crippen LogP contribution < -0.4 is 0 Å². The van der Waals surface area contributed by atoms with Gasteiger partial charge >= 0.3 is 51.4 Å². The third-order valence-corrected chi connectivity index (χ3v) is 4.80. The van der Waals surface area contributed by atoms with E-state index in [9.17, 15) is 0 Å².